The highest BCUT2D eigenvalue weighted by Crippen LogP contribution is 2.37. The van der Waals surface area contributed by atoms with Gasteiger partial charge >= 0.3 is 0 Å². The molecule has 1 rings (SSSR count). The van der Waals surface area contributed by atoms with Crippen LogP contribution in [0.15, 0.2) is 24.3 Å². The van der Waals surface area contributed by atoms with Crippen molar-refractivity contribution in [2.75, 3.05) is 4.43 Å². The van der Waals surface area contributed by atoms with Crippen molar-refractivity contribution in [3.05, 3.63) is 29.8 Å². The van der Waals surface area contributed by atoms with Gasteiger partial charge in [0.05, 0.1) is 0 Å². The fourth-order valence-electron chi connectivity index (χ4n) is 1.60. The summed E-state index contributed by atoms with van der Waals surface area (Å²) < 4.78 is 7.54. The lowest BCUT2D eigenvalue weighted by Crippen LogP contribution is -2.43. The summed E-state index contributed by atoms with van der Waals surface area (Å²) in [5, 5.41) is 0.256. The van der Waals surface area contributed by atoms with Crippen molar-refractivity contribution < 1.29 is 4.43 Å². The smallest absolute Gasteiger partial charge is 0.250 e. The van der Waals surface area contributed by atoms with Crippen molar-refractivity contribution >= 4 is 30.9 Å². The van der Waals surface area contributed by atoms with E-state index >= 15 is 0 Å². The number of alkyl halides is 1. The third-order valence-electron chi connectivity index (χ3n) is 3.95. The molecule has 108 valence electrons. The van der Waals surface area contributed by atoms with Crippen molar-refractivity contribution in [2.24, 2.45) is 0 Å². The van der Waals surface area contributed by atoms with E-state index in [0.29, 0.717) is 0 Å². The first kappa shape index (κ1) is 17.0. The Hall–Kier alpha value is -0.0331. The van der Waals surface area contributed by atoms with E-state index in [1.165, 1.54) is 29.3 Å². The average molecular weight is 390 g/mol. The van der Waals surface area contributed by atoms with Crippen molar-refractivity contribution in [3.8, 4) is 5.75 Å². The minimum atomic E-state index is -1.70. The van der Waals surface area contributed by atoms with Gasteiger partial charge in [0.25, 0.3) is 0 Å². The second kappa shape index (κ2) is 7.11. The van der Waals surface area contributed by atoms with Gasteiger partial charge in [-0.15, -0.1) is 0 Å². The lowest BCUT2D eigenvalue weighted by atomic mass is 10.1. The van der Waals surface area contributed by atoms with Crippen molar-refractivity contribution in [1.29, 1.82) is 0 Å². The quantitative estimate of drug-likeness (QED) is 0.257. The summed E-state index contributed by atoms with van der Waals surface area (Å²) in [4.78, 5) is 0. The van der Waals surface area contributed by atoms with Crippen molar-refractivity contribution in [2.45, 2.75) is 58.2 Å². The summed E-state index contributed by atoms with van der Waals surface area (Å²) in [6.07, 6.45) is 3.78. The number of benzene rings is 1. The predicted octanol–water partition coefficient (Wildman–Crippen LogP) is 5.83. The molecule has 0 saturated heterocycles. The van der Waals surface area contributed by atoms with Crippen LogP contribution in [0.25, 0.3) is 0 Å². The van der Waals surface area contributed by atoms with Crippen LogP contribution in [0.1, 0.15) is 39.2 Å². The van der Waals surface area contributed by atoms with Gasteiger partial charge in [-0.2, -0.15) is 0 Å². The Morgan fingerprint density at radius 3 is 2.11 bits per heavy atom. The highest BCUT2D eigenvalue weighted by Gasteiger charge is 2.38. The standard InChI is InChI=1S/C16H27IOSi/c1-16(2,3)19(4,5)18-15-11-9-14(10-12-15)8-6-7-13-17/h9-12H,6-8,13H2,1-5H3. The molecule has 0 aromatic heterocycles. The van der Waals surface area contributed by atoms with Gasteiger partial charge < -0.3 is 4.43 Å². The molecule has 1 aromatic carbocycles. The zero-order valence-electron chi connectivity index (χ0n) is 12.9. The van der Waals surface area contributed by atoms with Crippen LogP contribution < -0.4 is 4.43 Å². The molecule has 0 heterocycles. The molecule has 1 aromatic rings. The Labute approximate surface area is 133 Å². The molecule has 3 heteroatoms. The molecule has 0 aliphatic rings. The molecule has 0 radical (unpaired) electrons. The normalized spacial score (nSPS) is 12.5. The number of aryl methyl sites for hydroxylation is 1. The average Bonchev–Trinajstić information content (AvgIpc) is 2.30. The van der Waals surface area contributed by atoms with E-state index in [4.69, 9.17) is 4.43 Å². The molecule has 0 aliphatic heterocycles. The summed E-state index contributed by atoms with van der Waals surface area (Å²) in [7, 11) is -1.70. The Kier molecular flexibility index (Phi) is 6.37. The summed E-state index contributed by atoms with van der Waals surface area (Å²) >= 11 is 2.44. The van der Waals surface area contributed by atoms with Crippen LogP contribution >= 0.6 is 22.6 Å². The Morgan fingerprint density at radius 1 is 1.05 bits per heavy atom. The van der Waals surface area contributed by atoms with Crippen LogP contribution in [0.3, 0.4) is 0 Å². The fraction of sp³-hybridized carbons (Fsp3) is 0.625. The van der Waals surface area contributed by atoms with E-state index in [0.717, 1.165) is 5.75 Å². The van der Waals surface area contributed by atoms with Crippen LogP contribution in [0.4, 0.5) is 0 Å². The number of hydrogen-bond donors (Lipinski definition) is 0. The summed E-state index contributed by atoms with van der Waals surface area (Å²) in [5.74, 6) is 1.03. The van der Waals surface area contributed by atoms with Gasteiger partial charge in [-0.05, 0) is 59.5 Å². The van der Waals surface area contributed by atoms with E-state index in [1.807, 2.05) is 0 Å². The molecule has 0 aliphatic carbocycles. The second-order valence-corrected chi connectivity index (χ2v) is 12.5. The minimum Gasteiger partial charge on any atom is -0.544 e. The van der Waals surface area contributed by atoms with Gasteiger partial charge in [-0.1, -0.05) is 55.5 Å². The molecule has 19 heavy (non-hydrogen) atoms. The van der Waals surface area contributed by atoms with Crippen molar-refractivity contribution in [3.63, 3.8) is 0 Å². The van der Waals surface area contributed by atoms with Gasteiger partial charge in [0.15, 0.2) is 0 Å². The van der Waals surface area contributed by atoms with Crippen LogP contribution in [0.2, 0.25) is 18.1 Å². The van der Waals surface area contributed by atoms with Gasteiger partial charge in [0, 0.05) is 0 Å². The van der Waals surface area contributed by atoms with Gasteiger partial charge in [-0.25, -0.2) is 0 Å². The molecule has 0 saturated carbocycles. The predicted molar refractivity (Wildman–Crippen MR) is 96.1 cm³/mol. The van der Waals surface area contributed by atoms with Gasteiger partial charge in [0.1, 0.15) is 5.75 Å². The highest BCUT2D eigenvalue weighted by atomic mass is 127. The lowest BCUT2D eigenvalue weighted by Gasteiger charge is -2.36. The molecule has 0 N–H and O–H groups in total. The van der Waals surface area contributed by atoms with Crippen LogP contribution in [-0.4, -0.2) is 12.7 Å². The molecule has 0 amide bonds. The maximum atomic E-state index is 6.28. The monoisotopic (exact) mass is 390 g/mol. The van der Waals surface area contributed by atoms with E-state index in [1.54, 1.807) is 0 Å². The Morgan fingerprint density at radius 2 is 1.63 bits per heavy atom. The van der Waals surface area contributed by atoms with Crippen LogP contribution in [-0.2, 0) is 6.42 Å². The molecule has 0 atom stereocenters. The third kappa shape index (κ3) is 5.46. The topological polar surface area (TPSA) is 9.23 Å². The van der Waals surface area contributed by atoms with Crippen LogP contribution in [0.5, 0.6) is 5.75 Å². The van der Waals surface area contributed by atoms with E-state index < -0.39 is 8.32 Å². The van der Waals surface area contributed by atoms with E-state index in [2.05, 4.69) is 80.7 Å². The summed E-state index contributed by atoms with van der Waals surface area (Å²) in [5.41, 5.74) is 1.42. The minimum absolute atomic E-state index is 0.256. The number of rotatable bonds is 6. The molecule has 0 fully saturated rings. The van der Waals surface area contributed by atoms with Gasteiger partial charge in [-0.3, -0.25) is 0 Å². The first-order valence-electron chi connectivity index (χ1n) is 7.10. The Balaban J connectivity index is 2.62. The maximum absolute atomic E-state index is 6.28. The van der Waals surface area contributed by atoms with Gasteiger partial charge in [0.2, 0.25) is 8.32 Å². The number of unbranched alkanes of at least 4 members (excludes halogenated alkanes) is 1. The van der Waals surface area contributed by atoms with E-state index in [-0.39, 0.29) is 5.04 Å². The van der Waals surface area contributed by atoms with E-state index in [9.17, 15) is 0 Å². The fourth-order valence-corrected chi connectivity index (χ4v) is 3.17. The SMILES string of the molecule is CC(C)(C)[Si](C)(C)Oc1ccc(CCCCI)cc1. The first-order valence-corrected chi connectivity index (χ1v) is 11.5. The zero-order valence-corrected chi connectivity index (χ0v) is 16.1. The number of hydrogen-bond acceptors (Lipinski definition) is 1. The molecular formula is C16H27IOSi. The highest BCUT2D eigenvalue weighted by molar-refractivity contribution is 14.1. The second-order valence-electron chi connectivity index (χ2n) is 6.65. The molecule has 0 spiro atoms. The largest absolute Gasteiger partial charge is 0.544 e. The Bertz CT molecular complexity index is 379. The molecule has 0 unspecified atom stereocenters. The molecular weight excluding hydrogens is 363 g/mol. The lowest BCUT2D eigenvalue weighted by molar-refractivity contribution is 0.492. The molecule has 1 nitrogen and oxygen atoms in total. The maximum Gasteiger partial charge on any atom is 0.250 e. The van der Waals surface area contributed by atoms with Crippen molar-refractivity contribution in [1.82, 2.24) is 0 Å². The number of halogens is 1. The zero-order chi connectivity index (χ0) is 14.5. The third-order valence-corrected chi connectivity index (χ3v) is 9.07. The summed E-state index contributed by atoms with van der Waals surface area (Å²) in [6.45, 7) is 11.4. The molecule has 0 bridgehead atoms. The first-order chi connectivity index (χ1) is 8.76. The summed E-state index contributed by atoms with van der Waals surface area (Å²) in [6, 6.07) is 8.71. The van der Waals surface area contributed by atoms with Crippen LogP contribution in [0, 0.1) is 0 Å².